The Labute approximate surface area is 119 Å². The molecule has 4 heteroatoms. The van der Waals surface area contributed by atoms with Gasteiger partial charge in [-0.05, 0) is 32.4 Å². The van der Waals surface area contributed by atoms with E-state index in [2.05, 4.69) is 10.4 Å². The zero-order chi connectivity index (χ0) is 14.5. The van der Waals surface area contributed by atoms with Crippen LogP contribution in [0.3, 0.4) is 0 Å². The number of nitrogens with zero attached hydrogens (tertiary/aromatic N) is 2. The Hall–Kier alpha value is -2.36. The van der Waals surface area contributed by atoms with Crippen LogP contribution in [0.2, 0.25) is 0 Å². The second-order valence-corrected chi connectivity index (χ2v) is 4.99. The Morgan fingerprint density at radius 3 is 2.60 bits per heavy atom. The highest BCUT2D eigenvalue weighted by atomic mass is 16.1. The summed E-state index contributed by atoms with van der Waals surface area (Å²) in [5, 5.41) is 7.00. The van der Waals surface area contributed by atoms with Gasteiger partial charge in [0.15, 0.2) is 0 Å². The lowest BCUT2D eigenvalue weighted by Crippen LogP contribution is -2.14. The summed E-state index contributed by atoms with van der Waals surface area (Å²) in [4.78, 5) is 11.9. The number of carbonyl (C=O) groups excluding carboxylic acids is 1. The molecule has 2 rings (SSSR count). The predicted molar refractivity (Wildman–Crippen MR) is 81.5 cm³/mol. The monoisotopic (exact) mass is 269 g/mol. The molecule has 1 N–H and O–H groups in total. The quantitative estimate of drug-likeness (QED) is 0.864. The van der Waals surface area contributed by atoms with Crippen molar-refractivity contribution >= 4 is 17.8 Å². The van der Waals surface area contributed by atoms with E-state index in [1.54, 1.807) is 23.0 Å². The maximum atomic E-state index is 11.9. The number of benzene rings is 1. The number of carbonyl (C=O) groups is 1. The Morgan fingerprint density at radius 1 is 1.25 bits per heavy atom. The van der Waals surface area contributed by atoms with Crippen molar-refractivity contribution in [3.63, 3.8) is 0 Å². The standard InChI is InChI=1S/C16H19N3O/c1-12(2)19-15(10-11-17-19)18-16(20)9-8-14-6-4-13(3)5-7-14/h4-12H,1-3H3,(H,18,20). The van der Waals surface area contributed by atoms with E-state index in [1.165, 1.54) is 11.6 Å². The van der Waals surface area contributed by atoms with E-state index in [4.69, 9.17) is 0 Å². The van der Waals surface area contributed by atoms with Gasteiger partial charge < -0.3 is 5.32 Å². The van der Waals surface area contributed by atoms with Gasteiger partial charge in [0.05, 0.1) is 6.20 Å². The van der Waals surface area contributed by atoms with Crippen LogP contribution in [0.15, 0.2) is 42.6 Å². The first-order chi connectivity index (χ1) is 9.56. The van der Waals surface area contributed by atoms with E-state index < -0.39 is 0 Å². The van der Waals surface area contributed by atoms with Crippen LogP contribution < -0.4 is 5.32 Å². The van der Waals surface area contributed by atoms with Gasteiger partial charge in [-0.25, -0.2) is 4.68 Å². The molecule has 0 aliphatic rings. The van der Waals surface area contributed by atoms with Gasteiger partial charge in [-0.1, -0.05) is 29.8 Å². The number of nitrogens with one attached hydrogen (secondary N) is 1. The lowest BCUT2D eigenvalue weighted by atomic mass is 10.1. The molecule has 0 fully saturated rings. The molecule has 2 aromatic rings. The lowest BCUT2D eigenvalue weighted by molar-refractivity contribution is -0.111. The molecule has 0 bridgehead atoms. The zero-order valence-corrected chi connectivity index (χ0v) is 12.0. The van der Waals surface area contributed by atoms with E-state index in [9.17, 15) is 4.79 Å². The van der Waals surface area contributed by atoms with Gasteiger partial charge in [0.2, 0.25) is 5.91 Å². The summed E-state index contributed by atoms with van der Waals surface area (Å²) in [7, 11) is 0. The number of hydrogen-bond donors (Lipinski definition) is 1. The molecule has 0 unspecified atom stereocenters. The van der Waals surface area contributed by atoms with Crippen LogP contribution in [0.25, 0.3) is 6.08 Å². The molecule has 0 aliphatic carbocycles. The smallest absolute Gasteiger partial charge is 0.249 e. The minimum Gasteiger partial charge on any atom is -0.307 e. The molecule has 0 saturated carbocycles. The average Bonchev–Trinajstić information content (AvgIpc) is 2.86. The number of aryl methyl sites for hydroxylation is 1. The molecule has 0 spiro atoms. The minimum atomic E-state index is -0.159. The molecule has 4 nitrogen and oxygen atoms in total. The summed E-state index contributed by atoms with van der Waals surface area (Å²) >= 11 is 0. The van der Waals surface area contributed by atoms with Crippen molar-refractivity contribution in [3.05, 3.63) is 53.7 Å². The number of hydrogen-bond acceptors (Lipinski definition) is 2. The van der Waals surface area contributed by atoms with Gasteiger partial charge in [-0.2, -0.15) is 5.10 Å². The van der Waals surface area contributed by atoms with Crippen LogP contribution in [0.5, 0.6) is 0 Å². The number of amides is 1. The maximum Gasteiger partial charge on any atom is 0.249 e. The van der Waals surface area contributed by atoms with Gasteiger partial charge in [0.1, 0.15) is 5.82 Å². The molecular formula is C16H19N3O. The summed E-state index contributed by atoms with van der Waals surface area (Å²) < 4.78 is 1.78. The topological polar surface area (TPSA) is 46.9 Å². The number of anilines is 1. The fourth-order valence-corrected chi connectivity index (χ4v) is 1.84. The van der Waals surface area contributed by atoms with E-state index in [-0.39, 0.29) is 11.9 Å². The lowest BCUT2D eigenvalue weighted by Gasteiger charge is -2.10. The molecule has 0 atom stereocenters. The van der Waals surface area contributed by atoms with Crippen molar-refractivity contribution in [2.75, 3.05) is 5.32 Å². The van der Waals surface area contributed by atoms with Crippen molar-refractivity contribution < 1.29 is 4.79 Å². The third-order valence-electron chi connectivity index (χ3n) is 2.92. The molecule has 1 aromatic heterocycles. The molecule has 0 saturated heterocycles. The van der Waals surface area contributed by atoms with E-state index >= 15 is 0 Å². The molecule has 1 heterocycles. The zero-order valence-electron chi connectivity index (χ0n) is 12.0. The van der Waals surface area contributed by atoms with Gasteiger partial charge in [0.25, 0.3) is 0 Å². The second-order valence-electron chi connectivity index (χ2n) is 4.99. The average molecular weight is 269 g/mol. The predicted octanol–water partition coefficient (Wildman–Crippen LogP) is 3.42. The molecule has 1 aromatic carbocycles. The van der Waals surface area contributed by atoms with Crippen molar-refractivity contribution in [3.8, 4) is 0 Å². The third kappa shape index (κ3) is 3.57. The Kier molecular flexibility index (Phi) is 4.35. The Balaban J connectivity index is 2.02. The highest BCUT2D eigenvalue weighted by Crippen LogP contribution is 2.13. The summed E-state index contributed by atoms with van der Waals surface area (Å²) in [6, 6.07) is 10.0. The van der Waals surface area contributed by atoms with Gasteiger partial charge >= 0.3 is 0 Å². The SMILES string of the molecule is Cc1ccc(C=CC(=O)Nc2ccnn2C(C)C)cc1. The first-order valence-corrected chi connectivity index (χ1v) is 6.65. The third-order valence-corrected chi connectivity index (χ3v) is 2.92. The molecule has 0 aliphatic heterocycles. The van der Waals surface area contributed by atoms with E-state index in [0.717, 1.165) is 5.56 Å². The van der Waals surface area contributed by atoms with Gasteiger partial charge in [0, 0.05) is 18.2 Å². The summed E-state index contributed by atoms with van der Waals surface area (Å²) in [6.07, 6.45) is 5.01. The Morgan fingerprint density at radius 2 is 1.95 bits per heavy atom. The molecule has 104 valence electrons. The van der Waals surface area contributed by atoms with Crippen molar-refractivity contribution in [1.29, 1.82) is 0 Å². The first kappa shape index (κ1) is 14.1. The normalized spacial score (nSPS) is 11.2. The van der Waals surface area contributed by atoms with Crippen LogP contribution >= 0.6 is 0 Å². The van der Waals surface area contributed by atoms with Crippen molar-refractivity contribution in [2.24, 2.45) is 0 Å². The summed E-state index contributed by atoms with van der Waals surface area (Å²) in [5.74, 6) is 0.548. The molecular weight excluding hydrogens is 250 g/mol. The maximum absolute atomic E-state index is 11.9. The fraction of sp³-hybridized carbons (Fsp3) is 0.250. The second kappa shape index (κ2) is 6.19. The first-order valence-electron chi connectivity index (χ1n) is 6.65. The van der Waals surface area contributed by atoms with Gasteiger partial charge in [-0.3, -0.25) is 4.79 Å². The molecule has 20 heavy (non-hydrogen) atoms. The molecule has 0 radical (unpaired) electrons. The highest BCUT2D eigenvalue weighted by molar-refractivity contribution is 6.01. The van der Waals surface area contributed by atoms with Crippen LogP contribution in [0.1, 0.15) is 31.0 Å². The van der Waals surface area contributed by atoms with Crippen LogP contribution in [0.4, 0.5) is 5.82 Å². The van der Waals surface area contributed by atoms with Crippen LogP contribution in [-0.4, -0.2) is 15.7 Å². The van der Waals surface area contributed by atoms with E-state index in [0.29, 0.717) is 5.82 Å². The highest BCUT2D eigenvalue weighted by Gasteiger charge is 2.07. The van der Waals surface area contributed by atoms with Crippen LogP contribution in [-0.2, 0) is 4.79 Å². The fourth-order valence-electron chi connectivity index (χ4n) is 1.84. The number of aromatic nitrogens is 2. The van der Waals surface area contributed by atoms with Crippen molar-refractivity contribution in [2.45, 2.75) is 26.8 Å². The summed E-state index contributed by atoms with van der Waals surface area (Å²) in [5.41, 5.74) is 2.20. The Bertz CT molecular complexity index is 609. The van der Waals surface area contributed by atoms with Gasteiger partial charge in [-0.15, -0.1) is 0 Å². The summed E-state index contributed by atoms with van der Waals surface area (Å²) in [6.45, 7) is 6.07. The molecule has 1 amide bonds. The minimum absolute atomic E-state index is 0.159. The number of rotatable bonds is 4. The van der Waals surface area contributed by atoms with Crippen LogP contribution in [0, 0.1) is 6.92 Å². The van der Waals surface area contributed by atoms with Crippen molar-refractivity contribution in [1.82, 2.24) is 9.78 Å². The van der Waals surface area contributed by atoms with E-state index in [1.807, 2.05) is 45.0 Å². The largest absolute Gasteiger partial charge is 0.307 e.